The SMILES string of the molecule is COc1ccc(-c2csc(CON)n2)cc1C. The van der Waals surface area contributed by atoms with Gasteiger partial charge in [-0.2, -0.15) is 0 Å². The molecule has 0 aliphatic rings. The van der Waals surface area contributed by atoms with Crippen LogP contribution in [0.3, 0.4) is 0 Å². The van der Waals surface area contributed by atoms with Gasteiger partial charge in [-0.15, -0.1) is 11.3 Å². The molecule has 0 bridgehead atoms. The minimum atomic E-state index is 0.347. The third-order valence-electron chi connectivity index (χ3n) is 2.45. The maximum atomic E-state index is 5.23. The first kappa shape index (κ1) is 12.0. The molecule has 0 aliphatic carbocycles. The third-order valence-corrected chi connectivity index (χ3v) is 3.27. The van der Waals surface area contributed by atoms with Crippen molar-refractivity contribution < 1.29 is 9.57 Å². The molecule has 2 rings (SSSR count). The van der Waals surface area contributed by atoms with Crippen LogP contribution < -0.4 is 10.6 Å². The predicted molar refractivity (Wildman–Crippen MR) is 67.8 cm³/mol. The van der Waals surface area contributed by atoms with Crippen molar-refractivity contribution in [3.8, 4) is 17.0 Å². The third kappa shape index (κ3) is 2.63. The van der Waals surface area contributed by atoms with Crippen LogP contribution in [0.1, 0.15) is 10.6 Å². The fraction of sp³-hybridized carbons (Fsp3) is 0.250. The molecule has 0 amide bonds. The van der Waals surface area contributed by atoms with Gasteiger partial charge in [0.15, 0.2) is 0 Å². The Morgan fingerprint density at radius 2 is 2.24 bits per heavy atom. The molecule has 4 nitrogen and oxygen atoms in total. The molecule has 0 saturated carbocycles. The highest BCUT2D eigenvalue weighted by Crippen LogP contribution is 2.27. The number of rotatable bonds is 4. The lowest BCUT2D eigenvalue weighted by Gasteiger charge is -2.05. The molecule has 0 saturated heterocycles. The average molecular weight is 250 g/mol. The maximum absolute atomic E-state index is 5.23. The molecule has 17 heavy (non-hydrogen) atoms. The first-order valence-electron chi connectivity index (χ1n) is 5.15. The molecule has 2 N–H and O–H groups in total. The molecule has 1 heterocycles. The van der Waals surface area contributed by atoms with Gasteiger partial charge in [0, 0.05) is 10.9 Å². The molecule has 5 heteroatoms. The van der Waals surface area contributed by atoms with Crippen molar-refractivity contribution in [1.29, 1.82) is 0 Å². The molecular weight excluding hydrogens is 236 g/mol. The van der Waals surface area contributed by atoms with Gasteiger partial charge in [-0.3, -0.25) is 4.84 Å². The van der Waals surface area contributed by atoms with Gasteiger partial charge in [0.1, 0.15) is 17.4 Å². The summed E-state index contributed by atoms with van der Waals surface area (Å²) in [7, 11) is 1.67. The lowest BCUT2D eigenvalue weighted by atomic mass is 10.1. The summed E-state index contributed by atoms with van der Waals surface area (Å²) in [6, 6.07) is 6.00. The van der Waals surface area contributed by atoms with E-state index in [0.717, 1.165) is 27.6 Å². The molecular formula is C12H14N2O2S. The fourth-order valence-corrected chi connectivity index (χ4v) is 2.34. The summed E-state index contributed by atoms with van der Waals surface area (Å²) in [6.07, 6.45) is 0. The Bertz CT molecular complexity index is 511. The number of thiazole rings is 1. The molecule has 1 aromatic heterocycles. The van der Waals surface area contributed by atoms with Crippen LogP contribution in [-0.2, 0) is 11.4 Å². The minimum absolute atomic E-state index is 0.347. The van der Waals surface area contributed by atoms with Crippen LogP contribution in [0.4, 0.5) is 0 Å². The summed E-state index contributed by atoms with van der Waals surface area (Å²) in [4.78, 5) is 9.00. The number of ether oxygens (including phenoxy) is 1. The van der Waals surface area contributed by atoms with Crippen molar-refractivity contribution in [2.45, 2.75) is 13.5 Å². The first-order chi connectivity index (χ1) is 8.24. The Morgan fingerprint density at radius 1 is 1.41 bits per heavy atom. The molecule has 2 aromatic rings. The summed E-state index contributed by atoms with van der Waals surface area (Å²) in [6.45, 7) is 2.36. The van der Waals surface area contributed by atoms with Gasteiger partial charge in [-0.25, -0.2) is 10.9 Å². The number of aromatic nitrogens is 1. The van der Waals surface area contributed by atoms with Crippen molar-refractivity contribution in [1.82, 2.24) is 4.98 Å². The van der Waals surface area contributed by atoms with E-state index in [1.165, 1.54) is 11.3 Å². The summed E-state index contributed by atoms with van der Waals surface area (Å²) in [5, 5.41) is 2.87. The first-order valence-corrected chi connectivity index (χ1v) is 6.03. The lowest BCUT2D eigenvalue weighted by Crippen LogP contribution is -1.98. The summed E-state index contributed by atoms with van der Waals surface area (Å²) in [5.74, 6) is 5.90. The van der Waals surface area contributed by atoms with E-state index in [1.807, 2.05) is 24.4 Å². The molecule has 0 radical (unpaired) electrons. The fourth-order valence-electron chi connectivity index (χ4n) is 1.62. The number of aryl methyl sites for hydroxylation is 1. The van der Waals surface area contributed by atoms with E-state index in [0.29, 0.717) is 6.61 Å². The van der Waals surface area contributed by atoms with Gasteiger partial charge in [-0.1, -0.05) is 0 Å². The molecule has 0 atom stereocenters. The van der Waals surface area contributed by atoms with E-state index in [1.54, 1.807) is 7.11 Å². The van der Waals surface area contributed by atoms with Crippen molar-refractivity contribution in [3.63, 3.8) is 0 Å². The average Bonchev–Trinajstić information content (AvgIpc) is 2.78. The van der Waals surface area contributed by atoms with E-state index in [2.05, 4.69) is 15.9 Å². The molecule has 0 unspecified atom stereocenters. The van der Waals surface area contributed by atoms with Crippen molar-refractivity contribution in [2.75, 3.05) is 7.11 Å². The van der Waals surface area contributed by atoms with Gasteiger partial charge in [0.05, 0.1) is 12.8 Å². The number of benzene rings is 1. The summed E-state index contributed by atoms with van der Waals surface area (Å²) < 4.78 is 5.23. The molecule has 0 aliphatic heterocycles. The van der Waals surface area contributed by atoms with E-state index >= 15 is 0 Å². The molecule has 90 valence electrons. The van der Waals surface area contributed by atoms with Crippen LogP contribution in [-0.4, -0.2) is 12.1 Å². The highest BCUT2D eigenvalue weighted by Gasteiger charge is 2.06. The second-order valence-electron chi connectivity index (χ2n) is 3.62. The Hall–Kier alpha value is -1.43. The summed E-state index contributed by atoms with van der Waals surface area (Å²) in [5.41, 5.74) is 3.10. The van der Waals surface area contributed by atoms with E-state index in [4.69, 9.17) is 10.6 Å². The smallest absolute Gasteiger partial charge is 0.121 e. The van der Waals surface area contributed by atoms with Crippen molar-refractivity contribution in [2.24, 2.45) is 5.90 Å². The molecule has 0 spiro atoms. The van der Waals surface area contributed by atoms with Gasteiger partial charge < -0.3 is 4.74 Å². The standard InChI is InChI=1S/C12H14N2O2S/c1-8-5-9(3-4-11(8)15-2)10-7-17-12(14-10)6-16-13/h3-5,7H,6,13H2,1-2H3. The Balaban J connectivity index is 2.29. The lowest BCUT2D eigenvalue weighted by molar-refractivity contribution is 0.124. The van der Waals surface area contributed by atoms with Gasteiger partial charge in [-0.05, 0) is 30.7 Å². The molecule has 0 fully saturated rings. The molecule has 1 aromatic carbocycles. The Morgan fingerprint density at radius 3 is 2.88 bits per heavy atom. The zero-order valence-electron chi connectivity index (χ0n) is 9.77. The maximum Gasteiger partial charge on any atom is 0.121 e. The monoisotopic (exact) mass is 250 g/mol. The second kappa shape index (κ2) is 5.27. The topological polar surface area (TPSA) is 57.4 Å². The predicted octanol–water partition coefficient (Wildman–Crippen LogP) is 2.52. The number of nitrogens with zero attached hydrogens (tertiary/aromatic N) is 1. The highest BCUT2D eigenvalue weighted by molar-refractivity contribution is 7.09. The minimum Gasteiger partial charge on any atom is -0.496 e. The number of hydrogen-bond donors (Lipinski definition) is 1. The van der Waals surface area contributed by atoms with Crippen LogP contribution in [0.15, 0.2) is 23.6 Å². The van der Waals surface area contributed by atoms with E-state index in [-0.39, 0.29) is 0 Å². The van der Waals surface area contributed by atoms with Crippen molar-refractivity contribution >= 4 is 11.3 Å². The van der Waals surface area contributed by atoms with Crippen LogP contribution >= 0.6 is 11.3 Å². The zero-order valence-corrected chi connectivity index (χ0v) is 10.6. The van der Waals surface area contributed by atoms with Gasteiger partial charge in [0.25, 0.3) is 0 Å². The zero-order chi connectivity index (χ0) is 12.3. The van der Waals surface area contributed by atoms with Crippen LogP contribution in [0.25, 0.3) is 11.3 Å². The van der Waals surface area contributed by atoms with Crippen LogP contribution in [0.2, 0.25) is 0 Å². The number of hydrogen-bond acceptors (Lipinski definition) is 5. The van der Waals surface area contributed by atoms with E-state index in [9.17, 15) is 0 Å². The van der Waals surface area contributed by atoms with Crippen LogP contribution in [0.5, 0.6) is 5.75 Å². The Labute approximate surface area is 104 Å². The quantitative estimate of drug-likeness (QED) is 0.847. The summed E-state index contributed by atoms with van der Waals surface area (Å²) >= 11 is 1.54. The van der Waals surface area contributed by atoms with Crippen LogP contribution in [0, 0.1) is 6.92 Å². The second-order valence-corrected chi connectivity index (χ2v) is 4.56. The Kier molecular flexibility index (Phi) is 3.73. The van der Waals surface area contributed by atoms with Gasteiger partial charge >= 0.3 is 0 Å². The largest absolute Gasteiger partial charge is 0.496 e. The normalized spacial score (nSPS) is 10.5. The number of nitrogens with two attached hydrogens (primary N) is 1. The van der Waals surface area contributed by atoms with Gasteiger partial charge in [0.2, 0.25) is 0 Å². The van der Waals surface area contributed by atoms with E-state index < -0.39 is 0 Å². The van der Waals surface area contributed by atoms with Crippen molar-refractivity contribution in [3.05, 3.63) is 34.2 Å². The highest BCUT2D eigenvalue weighted by atomic mass is 32.1. The number of methoxy groups -OCH3 is 1.